The summed E-state index contributed by atoms with van der Waals surface area (Å²) in [7, 11) is 0. The van der Waals surface area contributed by atoms with Crippen molar-refractivity contribution < 1.29 is 9.53 Å². The average Bonchev–Trinajstić information content (AvgIpc) is 2.62. The summed E-state index contributed by atoms with van der Waals surface area (Å²) in [6.07, 6.45) is 7.56. The molecule has 1 aromatic carbocycles. The number of benzene rings is 1. The lowest BCUT2D eigenvalue weighted by atomic mass is 10.00. The van der Waals surface area contributed by atoms with E-state index >= 15 is 0 Å². The molecule has 1 aromatic rings. The third-order valence-corrected chi connectivity index (χ3v) is 4.78. The molecule has 3 rings (SSSR count). The van der Waals surface area contributed by atoms with Crippen LogP contribution in [0.25, 0.3) is 0 Å². The summed E-state index contributed by atoms with van der Waals surface area (Å²) in [6.45, 7) is 4.09. The Morgan fingerprint density at radius 1 is 1.25 bits per heavy atom. The molecule has 0 aromatic heterocycles. The molecule has 0 unspecified atom stereocenters. The summed E-state index contributed by atoms with van der Waals surface area (Å²) < 4.78 is 5.79. The number of amides is 1. The fourth-order valence-electron chi connectivity index (χ4n) is 3.45. The Bertz CT molecular complexity index is 556. The lowest BCUT2D eigenvalue weighted by Gasteiger charge is -2.32. The standard InChI is InChI=1S/C20H28N2O2/c23-20(21-14-17-7-3-1-4-8-17)13-19-16-22(11-12-24-19)15-18-9-5-2-6-10-18/h2,5-7,9-10,19H,1,3-4,8,11-16H2,(H,21,23)/t19-/m0/s1. The van der Waals surface area contributed by atoms with Gasteiger partial charge < -0.3 is 10.1 Å². The molecule has 0 radical (unpaired) electrons. The highest BCUT2D eigenvalue weighted by atomic mass is 16.5. The molecule has 1 aliphatic carbocycles. The number of morpholine rings is 1. The second-order valence-electron chi connectivity index (χ2n) is 6.80. The minimum atomic E-state index is 0.00259. The van der Waals surface area contributed by atoms with E-state index in [4.69, 9.17) is 4.74 Å². The SMILES string of the molecule is O=C(C[C@H]1CN(Cc2ccccc2)CCO1)NCC1=CCCCC1. The van der Waals surface area contributed by atoms with E-state index in [-0.39, 0.29) is 12.0 Å². The topological polar surface area (TPSA) is 41.6 Å². The number of rotatable bonds is 6. The van der Waals surface area contributed by atoms with Crippen LogP contribution in [0.2, 0.25) is 0 Å². The molecule has 0 spiro atoms. The van der Waals surface area contributed by atoms with E-state index < -0.39 is 0 Å². The van der Waals surface area contributed by atoms with E-state index in [0.29, 0.717) is 19.6 Å². The van der Waals surface area contributed by atoms with Gasteiger partial charge in [0.25, 0.3) is 0 Å². The second-order valence-corrected chi connectivity index (χ2v) is 6.80. The van der Waals surface area contributed by atoms with Crippen LogP contribution in [-0.4, -0.2) is 43.2 Å². The first-order valence-electron chi connectivity index (χ1n) is 9.12. The molecular formula is C20H28N2O2. The van der Waals surface area contributed by atoms with E-state index in [2.05, 4.69) is 40.6 Å². The molecule has 1 saturated heterocycles. The van der Waals surface area contributed by atoms with Crippen molar-refractivity contribution in [2.24, 2.45) is 0 Å². The second kappa shape index (κ2) is 9.00. The van der Waals surface area contributed by atoms with Gasteiger partial charge in [0.1, 0.15) is 0 Å². The van der Waals surface area contributed by atoms with E-state index in [9.17, 15) is 4.79 Å². The summed E-state index contributed by atoms with van der Waals surface area (Å²) in [5.41, 5.74) is 2.69. The molecule has 24 heavy (non-hydrogen) atoms. The zero-order valence-electron chi connectivity index (χ0n) is 14.4. The zero-order valence-corrected chi connectivity index (χ0v) is 14.4. The Hall–Kier alpha value is -1.65. The molecule has 0 bridgehead atoms. The van der Waals surface area contributed by atoms with E-state index in [1.54, 1.807) is 0 Å². The van der Waals surface area contributed by atoms with Crippen molar-refractivity contribution in [1.29, 1.82) is 0 Å². The van der Waals surface area contributed by atoms with Gasteiger partial charge in [-0.05, 0) is 31.2 Å². The van der Waals surface area contributed by atoms with Crippen molar-refractivity contribution in [2.75, 3.05) is 26.2 Å². The fourth-order valence-corrected chi connectivity index (χ4v) is 3.45. The maximum absolute atomic E-state index is 12.2. The van der Waals surface area contributed by atoms with Crippen LogP contribution in [0.4, 0.5) is 0 Å². The summed E-state index contributed by atoms with van der Waals surface area (Å²) >= 11 is 0. The van der Waals surface area contributed by atoms with Crippen LogP contribution < -0.4 is 5.32 Å². The maximum atomic E-state index is 12.2. The Labute approximate surface area is 144 Å². The predicted molar refractivity (Wildman–Crippen MR) is 95.6 cm³/mol. The first kappa shape index (κ1) is 17.2. The van der Waals surface area contributed by atoms with Gasteiger partial charge in [-0.3, -0.25) is 9.69 Å². The monoisotopic (exact) mass is 328 g/mol. The molecule has 1 aliphatic heterocycles. The average molecular weight is 328 g/mol. The van der Waals surface area contributed by atoms with Crippen LogP contribution in [0.1, 0.15) is 37.7 Å². The van der Waals surface area contributed by atoms with Crippen LogP contribution in [0.15, 0.2) is 42.0 Å². The van der Waals surface area contributed by atoms with Gasteiger partial charge in [0.05, 0.1) is 19.1 Å². The van der Waals surface area contributed by atoms with Gasteiger partial charge in [-0.1, -0.05) is 42.0 Å². The molecule has 2 aliphatic rings. The van der Waals surface area contributed by atoms with Gasteiger partial charge in [-0.25, -0.2) is 0 Å². The molecule has 130 valence electrons. The predicted octanol–water partition coefficient (Wildman–Crippen LogP) is 2.89. The Balaban J connectivity index is 1.41. The first-order chi connectivity index (χ1) is 11.8. The number of allylic oxidation sites excluding steroid dienone is 1. The smallest absolute Gasteiger partial charge is 0.222 e. The highest BCUT2D eigenvalue weighted by Gasteiger charge is 2.23. The Morgan fingerprint density at radius 3 is 2.92 bits per heavy atom. The Morgan fingerprint density at radius 2 is 2.12 bits per heavy atom. The molecule has 1 N–H and O–H groups in total. The number of carbonyl (C=O) groups excluding carboxylic acids is 1. The molecule has 1 atom stereocenters. The van der Waals surface area contributed by atoms with Crippen LogP contribution in [-0.2, 0) is 16.1 Å². The molecule has 1 heterocycles. The van der Waals surface area contributed by atoms with Crippen molar-refractivity contribution in [3.05, 3.63) is 47.5 Å². The van der Waals surface area contributed by atoms with Crippen molar-refractivity contribution in [3.8, 4) is 0 Å². The molecule has 0 saturated carbocycles. The highest BCUT2D eigenvalue weighted by Crippen LogP contribution is 2.16. The summed E-state index contributed by atoms with van der Waals surface area (Å²) in [5, 5.41) is 3.06. The number of nitrogens with one attached hydrogen (secondary N) is 1. The molecule has 4 heteroatoms. The molecular weight excluding hydrogens is 300 g/mol. The first-order valence-corrected chi connectivity index (χ1v) is 9.12. The van der Waals surface area contributed by atoms with Gasteiger partial charge >= 0.3 is 0 Å². The van der Waals surface area contributed by atoms with Crippen LogP contribution in [0.3, 0.4) is 0 Å². The van der Waals surface area contributed by atoms with Crippen molar-refractivity contribution in [2.45, 2.75) is 44.8 Å². The zero-order chi connectivity index (χ0) is 16.6. The number of hydrogen-bond donors (Lipinski definition) is 1. The quantitative estimate of drug-likeness (QED) is 0.817. The van der Waals surface area contributed by atoms with Gasteiger partial charge in [0, 0.05) is 26.2 Å². The Kier molecular flexibility index (Phi) is 6.44. The normalized spacial score (nSPS) is 22.0. The van der Waals surface area contributed by atoms with Crippen molar-refractivity contribution in [3.63, 3.8) is 0 Å². The highest BCUT2D eigenvalue weighted by molar-refractivity contribution is 5.76. The van der Waals surface area contributed by atoms with Crippen LogP contribution >= 0.6 is 0 Å². The van der Waals surface area contributed by atoms with E-state index in [1.165, 1.54) is 24.0 Å². The van der Waals surface area contributed by atoms with E-state index in [0.717, 1.165) is 32.5 Å². The van der Waals surface area contributed by atoms with Gasteiger partial charge in [0.2, 0.25) is 5.91 Å². The van der Waals surface area contributed by atoms with Crippen LogP contribution in [0, 0.1) is 0 Å². The van der Waals surface area contributed by atoms with Gasteiger partial charge in [-0.15, -0.1) is 0 Å². The largest absolute Gasteiger partial charge is 0.375 e. The third-order valence-electron chi connectivity index (χ3n) is 4.78. The molecule has 1 amide bonds. The fraction of sp³-hybridized carbons (Fsp3) is 0.550. The molecule has 1 fully saturated rings. The number of ether oxygens (including phenoxy) is 1. The maximum Gasteiger partial charge on any atom is 0.222 e. The lowest BCUT2D eigenvalue weighted by molar-refractivity contribution is -0.126. The van der Waals surface area contributed by atoms with Crippen molar-refractivity contribution in [1.82, 2.24) is 10.2 Å². The third kappa shape index (κ3) is 5.46. The summed E-state index contributed by atoms with van der Waals surface area (Å²) in [4.78, 5) is 14.6. The summed E-state index contributed by atoms with van der Waals surface area (Å²) in [6, 6.07) is 10.5. The number of carbonyl (C=O) groups is 1. The number of hydrogen-bond acceptors (Lipinski definition) is 3. The van der Waals surface area contributed by atoms with Crippen molar-refractivity contribution >= 4 is 5.91 Å². The number of nitrogens with zero attached hydrogens (tertiary/aromatic N) is 1. The lowest BCUT2D eigenvalue weighted by Crippen LogP contribution is -2.44. The minimum absolute atomic E-state index is 0.00259. The van der Waals surface area contributed by atoms with Gasteiger partial charge in [-0.2, -0.15) is 0 Å². The summed E-state index contributed by atoms with van der Waals surface area (Å²) in [5.74, 6) is 0.105. The van der Waals surface area contributed by atoms with Crippen LogP contribution in [0.5, 0.6) is 0 Å². The molecule has 4 nitrogen and oxygen atoms in total. The minimum Gasteiger partial charge on any atom is -0.375 e. The van der Waals surface area contributed by atoms with Gasteiger partial charge in [0.15, 0.2) is 0 Å². The van der Waals surface area contributed by atoms with E-state index in [1.807, 2.05) is 6.07 Å².